The Balaban J connectivity index is 1.41. The van der Waals surface area contributed by atoms with E-state index in [9.17, 15) is 18.0 Å². The molecular weight excluding hydrogens is 420 g/mol. The zero-order chi connectivity index (χ0) is 22.0. The minimum atomic E-state index is -3.77. The van der Waals surface area contributed by atoms with Gasteiger partial charge in [-0.15, -0.1) is 0 Å². The van der Waals surface area contributed by atoms with Crippen LogP contribution in [0.5, 0.6) is 5.75 Å². The van der Waals surface area contributed by atoms with E-state index >= 15 is 0 Å². The van der Waals surface area contributed by atoms with Crippen molar-refractivity contribution >= 4 is 33.2 Å². The van der Waals surface area contributed by atoms with Crippen molar-refractivity contribution in [3.05, 3.63) is 48.0 Å². The van der Waals surface area contributed by atoms with Crippen LogP contribution >= 0.6 is 0 Å². The Labute approximate surface area is 179 Å². The quantitative estimate of drug-likeness (QED) is 0.748. The van der Waals surface area contributed by atoms with Gasteiger partial charge in [0, 0.05) is 24.7 Å². The fourth-order valence-corrected chi connectivity index (χ4v) is 5.14. The van der Waals surface area contributed by atoms with Crippen molar-refractivity contribution in [2.24, 2.45) is 5.92 Å². The maximum atomic E-state index is 13.0. The number of ether oxygens (including phenoxy) is 1. The molecule has 0 aromatic heterocycles. The van der Waals surface area contributed by atoms with Crippen LogP contribution < -0.4 is 15.4 Å². The average Bonchev–Trinajstić information content (AvgIpc) is 2.78. The third kappa shape index (κ3) is 4.38. The number of amides is 2. The van der Waals surface area contributed by atoms with Gasteiger partial charge in [0.15, 0.2) is 6.61 Å². The summed E-state index contributed by atoms with van der Waals surface area (Å²) in [5.74, 6) is -0.433. The van der Waals surface area contributed by atoms with Crippen molar-refractivity contribution < 1.29 is 22.7 Å². The van der Waals surface area contributed by atoms with Gasteiger partial charge in [0.25, 0.3) is 5.91 Å². The largest absolute Gasteiger partial charge is 0.482 e. The van der Waals surface area contributed by atoms with Crippen molar-refractivity contribution in [2.75, 3.05) is 30.3 Å². The number of nitrogens with zero attached hydrogens (tertiary/aromatic N) is 2. The number of rotatable bonds is 4. The molecule has 0 unspecified atom stereocenters. The summed E-state index contributed by atoms with van der Waals surface area (Å²) in [5, 5.41) is 14.4. The zero-order valence-electron chi connectivity index (χ0n) is 16.5. The molecule has 2 heterocycles. The number of hydrogen-bond donors (Lipinski definition) is 2. The lowest BCUT2D eigenvalue weighted by atomic mass is 9.97. The fourth-order valence-electron chi connectivity index (χ4n) is 3.64. The van der Waals surface area contributed by atoms with E-state index in [4.69, 9.17) is 10.00 Å². The normalized spacial score (nSPS) is 17.1. The number of nitrogens with one attached hydrogen (secondary N) is 2. The molecule has 1 fully saturated rings. The van der Waals surface area contributed by atoms with Crippen molar-refractivity contribution in [3.63, 3.8) is 0 Å². The lowest BCUT2D eigenvalue weighted by Crippen LogP contribution is -2.41. The maximum absolute atomic E-state index is 13.0. The van der Waals surface area contributed by atoms with Crippen LogP contribution in [-0.2, 0) is 19.6 Å². The molecule has 0 radical (unpaired) electrons. The molecule has 2 aromatic rings. The first kappa shape index (κ1) is 20.8. The van der Waals surface area contributed by atoms with E-state index < -0.39 is 10.0 Å². The molecule has 0 atom stereocenters. The van der Waals surface area contributed by atoms with E-state index in [2.05, 4.69) is 10.6 Å². The van der Waals surface area contributed by atoms with E-state index in [1.807, 2.05) is 6.07 Å². The highest BCUT2D eigenvalue weighted by atomic mass is 32.2. The van der Waals surface area contributed by atoms with Gasteiger partial charge in [-0.25, -0.2) is 8.42 Å². The summed E-state index contributed by atoms with van der Waals surface area (Å²) in [4.78, 5) is 24.1. The molecule has 2 aromatic carbocycles. The summed E-state index contributed by atoms with van der Waals surface area (Å²) in [7, 11) is -3.77. The fraction of sp³-hybridized carbons (Fsp3) is 0.286. The van der Waals surface area contributed by atoms with Gasteiger partial charge in [0.1, 0.15) is 5.75 Å². The number of sulfonamides is 1. The van der Waals surface area contributed by atoms with Gasteiger partial charge >= 0.3 is 0 Å². The number of piperidine rings is 1. The van der Waals surface area contributed by atoms with Gasteiger partial charge in [-0.3, -0.25) is 9.59 Å². The number of fused-ring (bicyclic) bond motifs is 1. The molecule has 2 aliphatic rings. The minimum absolute atomic E-state index is 0.0632. The molecule has 0 aliphatic carbocycles. The zero-order valence-corrected chi connectivity index (χ0v) is 17.3. The molecule has 9 nitrogen and oxygen atoms in total. The topological polar surface area (TPSA) is 129 Å². The van der Waals surface area contributed by atoms with Crippen LogP contribution in [0.3, 0.4) is 0 Å². The second-order valence-electron chi connectivity index (χ2n) is 7.36. The molecule has 2 aliphatic heterocycles. The van der Waals surface area contributed by atoms with Gasteiger partial charge < -0.3 is 15.4 Å². The summed E-state index contributed by atoms with van der Waals surface area (Å²) in [6, 6.07) is 13.0. The number of carbonyl (C=O) groups is 2. The number of hydrogen-bond acceptors (Lipinski definition) is 6. The van der Waals surface area contributed by atoms with Crippen LogP contribution in [-0.4, -0.2) is 44.2 Å². The molecule has 2 N–H and O–H groups in total. The Bertz CT molecular complexity index is 1180. The molecule has 2 amide bonds. The van der Waals surface area contributed by atoms with E-state index in [0.29, 0.717) is 35.5 Å². The van der Waals surface area contributed by atoms with Gasteiger partial charge in [-0.05, 0) is 49.2 Å². The van der Waals surface area contributed by atoms with Crippen LogP contribution in [0.4, 0.5) is 11.4 Å². The number of benzene rings is 2. The van der Waals surface area contributed by atoms with Crippen molar-refractivity contribution in [1.29, 1.82) is 5.26 Å². The predicted octanol–water partition coefficient (Wildman–Crippen LogP) is 1.93. The molecule has 4 rings (SSSR count). The Morgan fingerprint density at radius 1 is 1.19 bits per heavy atom. The standard InChI is InChI=1S/C21H20N4O5S/c22-12-14-2-1-3-16(10-14)23-21(27)15-6-8-25(9-7-15)31(28,29)17-4-5-19-18(11-17)24-20(26)13-30-19/h1-5,10-11,15H,6-9,13H2,(H,23,27)(H,24,26). The Kier molecular flexibility index (Phi) is 5.63. The Morgan fingerprint density at radius 3 is 2.71 bits per heavy atom. The SMILES string of the molecule is N#Cc1cccc(NC(=O)C2CCN(S(=O)(=O)c3ccc4c(c3)NC(=O)CO4)CC2)c1. The summed E-state index contributed by atoms with van der Waals surface area (Å²) >= 11 is 0. The Morgan fingerprint density at radius 2 is 1.97 bits per heavy atom. The van der Waals surface area contributed by atoms with E-state index in [-0.39, 0.29) is 42.3 Å². The summed E-state index contributed by atoms with van der Waals surface area (Å²) < 4.78 is 32.7. The second kappa shape index (κ2) is 8.37. The molecular formula is C21H20N4O5S. The molecule has 0 saturated carbocycles. The first-order valence-corrected chi connectivity index (χ1v) is 11.2. The van der Waals surface area contributed by atoms with Crippen LogP contribution in [0.1, 0.15) is 18.4 Å². The molecule has 10 heteroatoms. The monoisotopic (exact) mass is 440 g/mol. The van der Waals surface area contributed by atoms with Crippen LogP contribution in [0.25, 0.3) is 0 Å². The third-order valence-corrected chi connectivity index (χ3v) is 7.20. The minimum Gasteiger partial charge on any atom is -0.482 e. The molecule has 160 valence electrons. The van der Waals surface area contributed by atoms with Gasteiger partial charge in [-0.1, -0.05) is 6.07 Å². The van der Waals surface area contributed by atoms with Crippen LogP contribution in [0.2, 0.25) is 0 Å². The summed E-state index contributed by atoms with van der Waals surface area (Å²) in [6.45, 7) is 0.312. The highest BCUT2D eigenvalue weighted by Gasteiger charge is 2.33. The third-order valence-electron chi connectivity index (χ3n) is 5.31. The Hall–Kier alpha value is -3.42. The summed E-state index contributed by atoms with van der Waals surface area (Å²) in [6.07, 6.45) is 0.765. The van der Waals surface area contributed by atoms with Gasteiger partial charge in [0.05, 0.1) is 22.2 Å². The van der Waals surface area contributed by atoms with E-state index in [0.717, 1.165) is 0 Å². The van der Waals surface area contributed by atoms with E-state index in [1.165, 1.54) is 22.5 Å². The smallest absolute Gasteiger partial charge is 0.262 e. The lowest BCUT2D eigenvalue weighted by Gasteiger charge is -2.31. The second-order valence-corrected chi connectivity index (χ2v) is 9.29. The number of carbonyl (C=O) groups excluding carboxylic acids is 2. The lowest BCUT2D eigenvalue weighted by molar-refractivity contribution is -0.121. The molecule has 0 spiro atoms. The highest BCUT2D eigenvalue weighted by Crippen LogP contribution is 2.32. The van der Waals surface area contributed by atoms with Gasteiger partial charge in [-0.2, -0.15) is 9.57 Å². The van der Waals surface area contributed by atoms with Crippen molar-refractivity contribution in [2.45, 2.75) is 17.7 Å². The van der Waals surface area contributed by atoms with Crippen molar-refractivity contribution in [3.8, 4) is 11.8 Å². The summed E-state index contributed by atoms with van der Waals surface area (Å²) in [5.41, 5.74) is 1.31. The molecule has 0 bridgehead atoms. The molecule has 31 heavy (non-hydrogen) atoms. The maximum Gasteiger partial charge on any atom is 0.262 e. The first-order valence-electron chi connectivity index (χ1n) is 9.75. The number of anilines is 2. The molecule has 1 saturated heterocycles. The number of nitriles is 1. The highest BCUT2D eigenvalue weighted by molar-refractivity contribution is 7.89. The van der Waals surface area contributed by atoms with Crippen molar-refractivity contribution in [1.82, 2.24) is 4.31 Å². The van der Waals surface area contributed by atoms with E-state index in [1.54, 1.807) is 24.3 Å². The first-order chi connectivity index (χ1) is 14.9. The predicted molar refractivity (Wildman–Crippen MR) is 112 cm³/mol. The van der Waals surface area contributed by atoms with Crippen LogP contribution in [0.15, 0.2) is 47.4 Å². The van der Waals surface area contributed by atoms with Gasteiger partial charge in [0.2, 0.25) is 15.9 Å². The van der Waals surface area contributed by atoms with Crippen LogP contribution in [0, 0.1) is 17.2 Å². The average molecular weight is 440 g/mol.